The van der Waals surface area contributed by atoms with Crippen LogP contribution in [0.3, 0.4) is 0 Å². The Labute approximate surface area is 128 Å². The van der Waals surface area contributed by atoms with Crippen LogP contribution < -0.4 is 5.32 Å². The number of rotatable bonds is 3. The maximum absolute atomic E-state index is 12.0. The largest absolute Gasteiger partial charge is 0.384 e. The van der Waals surface area contributed by atoms with Crippen molar-refractivity contribution in [3.63, 3.8) is 0 Å². The van der Waals surface area contributed by atoms with Gasteiger partial charge in [-0.2, -0.15) is 0 Å². The minimum Gasteiger partial charge on any atom is -0.384 e. The van der Waals surface area contributed by atoms with Gasteiger partial charge in [-0.1, -0.05) is 35.6 Å². The van der Waals surface area contributed by atoms with Crippen LogP contribution in [0.1, 0.15) is 21.5 Å². The Bertz CT molecular complexity index is 684. The molecule has 0 bridgehead atoms. The molecule has 21 heavy (non-hydrogen) atoms. The summed E-state index contributed by atoms with van der Waals surface area (Å²) in [6, 6.07) is 14.2. The first-order valence-corrected chi connectivity index (χ1v) is 6.79. The van der Waals surface area contributed by atoms with Crippen molar-refractivity contribution in [1.29, 1.82) is 0 Å². The van der Waals surface area contributed by atoms with E-state index < -0.39 is 0 Å². The summed E-state index contributed by atoms with van der Waals surface area (Å²) in [5.74, 6) is 5.27. The van der Waals surface area contributed by atoms with E-state index in [9.17, 15) is 4.79 Å². The van der Waals surface area contributed by atoms with Crippen molar-refractivity contribution in [2.75, 3.05) is 6.61 Å². The minimum atomic E-state index is -0.169. The van der Waals surface area contributed by atoms with Crippen molar-refractivity contribution in [3.8, 4) is 11.8 Å². The van der Waals surface area contributed by atoms with E-state index in [0.717, 1.165) is 11.1 Å². The molecule has 1 amide bonds. The van der Waals surface area contributed by atoms with Gasteiger partial charge < -0.3 is 10.4 Å². The van der Waals surface area contributed by atoms with Crippen LogP contribution in [-0.2, 0) is 6.54 Å². The second kappa shape index (κ2) is 7.49. The van der Waals surface area contributed by atoms with Crippen LogP contribution in [0.15, 0.2) is 48.5 Å². The zero-order valence-corrected chi connectivity index (χ0v) is 12.0. The van der Waals surface area contributed by atoms with E-state index in [2.05, 4.69) is 17.2 Å². The number of carbonyl (C=O) groups is 1. The van der Waals surface area contributed by atoms with E-state index >= 15 is 0 Å². The molecular weight excluding hydrogens is 286 g/mol. The fourth-order valence-corrected chi connectivity index (χ4v) is 1.91. The van der Waals surface area contributed by atoms with Gasteiger partial charge in [-0.25, -0.2) is 0 Å². The summed E-state index contributed by atoms with van der Waals surface area (Å²) in [6.45, 7) is 0.244. The fourth-order valence-electron chi connectivity index (χ4n) is 1.79. The first kappa shape index (κ1) is 15.1. The number of hydrogen-bond donors (Lipinski definition) is 2. The Kier molecular flexibility index (Phi) is 5.39. The number of amides is 1. The van der Waals surface area contributed by atoms with Gasteiger partial charge in [0.05, 0.1) is 0 Å². The zero-order chi connectivity index (χ0) is 15.1. The molecule has 0 aliphatic carbocycles. The molecule has 2 aromatic carbocycles. The molecule has 0 atom stereocenters. The smallest absolute Gasteiger partial charge is 0.251 e. The molecule has 0 unspecified atom stereocenters. The van der Waals surface area contributed by atoms with Gasteiger partial charge in [0, 0.05) is 22.7 Å². The lowest BCUT2D eigenvalue weighted by atomic mass is 10.1. The summed E-state index contributed by atoms with van der Waals surface area (Å²) >= 11 is 5.79. The minimum absolute atomic E-state index is 0.154. The van der Waals surface area contributed by atoms with Crippen LogP contribution in [0.25, 0.3) is 0 Å². The number of halogens is 1. The maximum atomic E-state index is 12.0. The average molecular weight is 300 g/mol. The predicted octanol–water partition coefficient (Wildman–Crippen LogP) is 2.61. The molecular formula is C17H14ClNO2. The van der Waals surface area contributed by atoms with Crippen molar-refractivity contribution in [3.05, 3.63) is 70.2 Å². The molecule has 0 saturated heterocycles. The first-order chi connectivity index (χ1) is 10.2. The van der Waals surface area contributed by atoms with Crippen molar-refractivity contribution >= 4 is 17.5 Å². The highest BCUT2D eigenvalue weighted by Gasteiger charge is 2.04. The van der Waals surface area contributed by atoms with Gasteiger partial charge in [0.1, 0.15) is 6.61 Å². The number of benzene rings is 2. The molecule has 0 fully saturated rings. The van der Waals surface area contributed by atoms with Gasteiger partial charge >= 0.3 is 0 Å². The summed E-state index contributed by atoms with van der Waals surface area (Å²) in [6.07, 6.45) is 0. The molecule has 0 radical (unpaired) electrons. The lowest BCUT2D eigenvalue weighted by molar-refractivity contribution is 0.0951. The Morgan fingerprint density at radius 3 is 2.67 bits per heavy atom. The van der Waals surface area contributed by atoms with Gasteiger partial charge in [0.15, 0.2) is 0 Å². The second-order valence-corrected chi connectivity index (χ2v) is 4.79. The highest BCUT2D eigenvalue weighted by atomic mass is 35.5. The molecule has 0 spiro atoms. The Morgan fingerprint density at radius 2 is 1.95 bits per heavy atom. The SMILES string of the molecule is O=C(NCc1cccc(C#CCO)c1)c1ccc(Cl)cc1. The highest BCUT2D eigenvalue weighted by molar-refractivity contribution is 6.30. The van der Waals surface area contributed by atoms with E-state index in [1.54, 1.807) is 24.3 Å². The van der Waals surface area contributed by atoms with E-state index in [1.807, 2.05) is 24.3 Å². The van der Waals surface area contributed by atoms with Gasteiger partial charge in [-0.05, 0) is 42.0 Å². The maximum Gasteiger partial charge on any atom is 0.251 e. The van der Waals surface area contributed by atoms with Crippen molar-refractivity contribution < 1.29 is 9.90 Å². The Hall–Kier alpha value is -2.28. The number of aliphatic hydroxyl groups excluding tert-OH is 1. The molecule has 2 aromatic rings. The van der Waals surface area contributed by atoms with E-state index in [1.165, 1.54) is 0 Å². The zero-order valence-electron chi connectivity index (χ0n) is 11.3. The van der Waals surface area contributed by atoms with Gasteiger partial charge in [-0.3, -0.25) is 4.79 Å². The standard InChI is InChI=1S/C17H14ClNO2/c18-16-8-6-15(7-9-16)17(21)19-12-14-4-1-3-13(11-14)5-2-10-20/h1,3-4,6-9,11,20H,10,12H2,(H,19,21). The topological polar surface area (TPSA) is 49.3 Å². The third kappa shape index (κ3) is 4.64. The lowest BCUT2D eigenvalue weighted by Crippen LogP contribution is -2.22. The van der Waals surface area contributed by atoms with E-state index in [0.29, 0.717) is 17.1 Å². The van der Waals surface area contributed by atoms with Crippen molar-refractivity contribution in [1.82, 2.24) is 5.32 Å². The van der Waals surface area contributed by atoms with Crippen LogP contribution in [0, 0.1) is 11.8 Å². The van der Waals surface area contributed by atoms with Crippen molar-refractivity contribution in [2.24, 2.45) is 0 Å². The Morgan fingerprint density at radius 1 is 1.19 bits per heavy atom. The molecule has 0 aliphatic rings. The van der Waals surface area contributed by atoms with E-state index in [-0.39, 0.29) is 12.5 Å². The molecule has 4 heteroatoms. The number of aliphatic hydroxyl groups is 1. The van der Waals surface area contributed by atoms with Crippen LogP contribution in [-0.4, -0.2) is 17.6 Å². The van der Waals surface area contributed by atoms with Gasteiger partial charge in [-0.15, -0.1) is 0 Å². The third-order valence-corrected chi connectivity index (χ3v) is 3.05. The fraction of sp³-hybridized carbons (Fsp3) is 0.118. The molecule has 3 nitrogen and oxygen atoms in total. The third-order valence-electron chi connectivity index (χ3n) is 2.80. The van der Waals surface area contributed by atoms with Crippen LogP contribution >= 0.6 is 11.6 Å². The summed E-state index contributed by atoms with van der Waals surface area (Å²) < 4.78 is 0. The molecule has 2 N–H and O–H groups in total. The molecule has 0 heterocycles. The predicted molar refractivity (Wildman–Crippen MR) is 83.0 cm³/mol. The van der Waals surface area contributed by atoms with E-state index in [4.69, 9.17) is 16.7 Å². The van der Waals surface area contributed by atoms with Gasteiger partial charge in [0.25, 0.3) is 5.91 Å². The summed E-state index contributed by atoms with van der Waals surface area (Å²) in [7, 11) is 0. The molecule has 2 rings (SSSR count). The van der Waals surface area contributed by atoms with Crippen LogP contribution in [0.4, 0.5) is 0 Å². The summed E-state index contributed by atoms with van der Waals surface area (Å²) in [4.78, 5) is 12.0. The summed E-state index contributed by atoms with van der Waals surface area (Å²) in [5, 5.41) is 12.1. The second-order valence-electron chi connectivity index (χ2n) is 4.35. The van der Waals surface area contributed by atoms with Crippen LogP contribution in [0.5, 0.6) is 0 Å². The molecule has 0 saturated carbocycles. The highest BCUT2D eigenvalue weighted by Crippen LogP contribution is 2.10. The number of nitrogens with one attached hydrogen (secondary N) is 1. The number of carbonyl (C=O) groups excluding carboxylic acids is 1. The quantitative estimate of drug-likeness (QED) is 0.856. The van der Waals surface area contributed by atoms with Gasteiger partial charge in [0.2, 0.25) is 0 Å². The first-order valence-electron chi connectivity index (χ1n) is 6.41. The molecule has 0 aromatic heterocycles. The normalized spacial score (nSPS) is 9.62. The molecule has 106 valence electrons. The van der Waals surface area contributed by atoms with Crippen LogP contribution in [0.2, 0.25) is 5.02 Å². The number of hydrogen-bond acceptors (Lipinski definition) is 2. The van der Waals surface area contributed by atoms with Crippen molar-refractivity contribution in [2.45, 2.75) is 6.54 Å². The average Bonchev–Trinajstić information content (AvgIpc) is 2.52. The monoisotopic (exact) mass is 299 g/mol. The lowest BCUT2D eigenvalue weighted by Gasteiger charge is -2.06. The summed E-state index contributed by atoms with van der Waals surface area (Å²) in [5.41, 5.74) is 2.32. The Balaban J connectivity index is 1.99. The molecule has 0 aliphatic heterocycles.